The van der Waals surface area contributed by atoms with E-state index >= 15 is 0 Å². The molecule has 0 aromatic heterocycles. The summed E-state index contributed by atoms with van der Waals surface area (Å²) in [5.74, 6) is 2.20. The van der Waals surface area contributed by atoms with E-state index in [4.69, 9.17) is 4.74 Å². The first-order valence-electron chi connectivity index (χ1n) is 13.0. The molecule has 2 fully saturated rings. The van der Waals surface area contributed by atoms with Crippen LogP contribution in [0, 0.1) is 11.8 Å². The standard InChI is InChI=1S/C30H41FN2O/c1-23-6-5-17-33(20-23)24(2)26-7-9-27(10-8-26)28-11-13-29(14-12-28)34-21-25-15-18-32(19-16-25)22-30(3,4)31/h7-14,23,25H,2,5-6,15-22H2,1,3-4H3. The maximum Gasteiger partial charge on any atom is 0.119 e. The van der Waals surface area contributed by atoms with E-state index in [9.17, 15) is 4.39 Å². The lowest BCUT2D eigenvalue weighted by Crippen LogP contribution is -2.41. The van der Waals surface area contributed by atoms with E-state index in [1.54, 1.807) is 13.8 Å². The lowest BCUT2D eigenvalue weighted by molar-refractivity contribution is 0.0836. The average molecular weight is 465 g/mol. The van der Waals surface area contributed by atoms with Crippen molar-refractivity contribution in [1.82, 2.24) is 9.80 Å². The number of nitrogens with zero attached hydrogens (tertiary/aromatic N) is 2. The molecule has 34 heavy (non-hydrogen) atoms. The van der Waals surface area contributed by atoms with Gasteiger partial charge in [0.1, 0.15) is 11.4 Å². The summed E-state index contributed by atoms with van der Waals surface area (Å²) < 4.78 is 20.0. The number of hydrogen-bond donors (Lipinski definition) is 0. The summed E-state index contributed by atoms with van der Waals surface area (Å²) in [4.78, 5) is 4.67. The molecule has 2 aliphatic heterocycles. The van der Waals surface area contributed by atoms with Gasteiger partial charge in [0.2, 0.25) is 0 Å². The molecule has 0 radical (unpaired) electrons. The molecule has 2 aromatic carbocycles. The summed E-state index contributed by atoms with van der Waals surface area (Å²) in [6, 6.07) is 17.2. The number of ether oxygens (including phenoxy) is 1. The van der Waals surface area contributed by atoms with E-state index in [1.807, 2.05) is 0 Å². The van der Waals surface area contributed by atoms with Crippen molar-refractivity contribution in [1.29, 1.82) is 0 Å². The largest absolute Gasteiger partial charge is 0.493 e. The first-order valence-corrected chi connectivity index (χ1v) is 13.0. The highest BCUT2D eigenvalue weighted by molar-refractivity contribution is 5.69. The number of alkyl halides is 1. The van der Waals surface area contributed by atoms with Crippen molar-refractivity contribution >= 4 is 5.70 Å². The Labute approximate surface area is 205 Å². The molecule has 4 heteroatoms. The van der Waals surface area contributed by atoms with Crippen molar-refractivity contribution in [3.05, 3.63) is 60.7 Å². The molecule has 0 aliphatic carbocycles. The fraction of sp³-hybridized carbons (Fsp3) is 0.533. The Hall–Kier alpha value is -2.33. The molecule has 2 aromatic rings. The van der Waals surface area contributed by atoms with E-state index in [1.165, 1.54) is 29.5 Å². The van der Waals surface area contributed by atoms with E-state index in [2.05, 4.69) is 71.8 Å². The molecule has 0 amide bonds. The van der Waals surface area contributed by atoms with Gasteiger partial charge in [-0.1, -0.05) is 49.9 Å². The molecule has 0 bridgehead atoms. The lowest BCUT2D eigenvalue weighted by atomic mass is 9.96. The van der Waals surface area contributed by atoms with Crippen LogP contribution in [0.2, 0.25) is 0 Å². The molecule has 2 aliphatic rings. The predicted octanol–water partition coefficient (Wildman–Crippen LogP) is 6.90. The molecule has 184 valence electrons. The Kier molecular flexibility index (Phi) is 7.98. The van der Waals surface area contributed by atoms with E-state index in [0.717, 1.165) is 63.0 Å². The molecule has 0 N–H and O–H groups in total. The van der Waals surface area contributed by atoms with Crippen LogP contribution in [0.1, 0.15) is 52.0 Å². The van der Waals surface area contributed by atoms with Gasteiger partial charge in [-0.2, -0.15) is 0 Å². The van der Waals surface area contributed by atoms with Crippen LogP contribution in [-0.2, 0) is 0 Å². The van der Waals surface area contributed by atoms with Gasteiger partial charge in [-0.15, -0.1) is 0 Å². The molecule has 2 heterocycles. The Bertz CT molecular complexity index is 924. The molecule has 1 unspecified atom stereocenters. The molecular formula is C30H41FN2O. The predicted molar refractivity (Wildman–Crippen MR) is 141 cm³/mol. The van der Waals surface area contributed by atoms with Gasteiger partial charge in [0.25, 0.3) is 0 Å². The first-order chi connectivity index (χ1) is 16.3. The smallest absolute Gasteiger partial charge is 0.119 e. The Balaban J connectivity index is 1.26. The van der Waals surface area contributed by atoms with E-state index in [0.29, 0.717) is 12.5 Å². The normalized spacial score (nSPS) is 20.4. The first kappa shape index (κ1) is 24.8. The second-order valence-corrected chi connectivity index (χ2v) is 11.0. The fourth-order valence-electron chi connectivity index (χ4n) is 5.27. The second kappa shape index (κ2) is 10.9. The monoisotopic (exact) mass is 464 g/mol. The van der Waals surface area contributed by atoms with Gasteiger partial charge in [0.05, 0.1) is 6.61 Å². The molecule has 0 spiro atoms. The van der Waals surface area contributed by atoms with Gasteiger partial charge in [0, 0.05) is 25.3 Å². The van der Waals surface area contributed by atoms with Crippen molar-refractivity contribution in [2.45, 2.75) is 52.1 Å². The number of piperidine rings is 2. The Morgan fingerprint density at radius 1 is 0.971 bits per heavy atom. The molecule has 2 saturated heterocycles. The molecule has 3 nitrogen and oxygen atoms in total. The maximum absolute atomic E-state index is 13.9. The number of hydrogen-bond acceptors (Lipinski definition) is 3. The average Bonchev–Trinajstić information content (AvgIpc) is 2.83. The minimum Gasteiger partial charge on any atom is -0.493 e. The molecular weight excluding hydrogens is 423 g/mol. The summed E-state index contributed by atoms with van der Waals surface area (Å²) in [5.41, 5.74) is 3.63. The maximum atomic E-state index is 13.9. The van der Waals surface area contributed by atoms with Crippen LogP contribution in [0.3, 0.4) is 0 Å². The van der Waals surface area contributed by atoms with Crippen LogP contribution in [-0.4, -0.2) is 54.8 Å². The van der Waals surface area contributed by atoms with Crippen molar-refractivity contribution in [2.24, 2.45) is 11.8 Å². The van der Waals surface area contributed by atoms with Gasteiger partial charge in [-0.25, -0.2) is 4.39 Å². The van der Waals surface area contributed by atoms with E-state index < -0.39 is 5.67 Å². The quantitative estimate of drug-likeness (QED) is 0.423. The third-order valence-corrected chi connectivity index (χ3v) is 7.24. The van der Waals surface area contributed by atoms with E-state index in [-0.39, 0.29) is 0 Å². The second-order valence-electron chi connectivity index (χ2n) is 11.0. The number of rotatable bonds is 8. The number of benzene rings is 2. The summed E-state index contributed by atoms with van der Waals surface area (Å²) in [6.45, 7) is 15.4. The fourth-order valence-corrected chi connectivity index (χ4v) is 5.27. The van der Waals surface area contributed by atoms with Crippen LogP contribution >= 0.6 is 0 Å². The van der Waals surface area contributed by atoms with Gasteiger partial charge in [0.15, 0.2) is 0 Å². The SMILES string of the molecule is C=C(c1ccc(-c2ccc(OCC3CCN(CC(C)(C)F)CC3)cc2)cc1)N1CCCC(C)C1. The van der Waals surface area contributed by atoms with Crippen molar-refractivity contribution < 1.29 is 9.13 Å². The molecule has 0 saturated carbocycles. The van der Waals surface area contributed by atoms with Gasteiger partial charge >= 0.3 is 0 Å². The van der Waals surface area contributed by atoms with Gasteiger partial charge in [-0.05, 0) is 93.3 Å². The summed E-state index contributed by atoms with van der Waals surface area (Å²) in [7, 11) is 0. The summed E-state index contributed by atoms with van der Waals surface area (Å²) in [6.07, 6.45) is 4.72. The van der Waals surface area contributed by atoms with Crippen LogP contribution in [0.15, 0.2) is 55.1 Å². The van der Waals surface area contributed by atoms with Crippen molar-refractivity contribution in [2.75, 3.05) is 39.3 Å². The third-order valence-electron chi connectivity index (χ3n) is 7.24. The topological polar surface area (TPSA) is 15.7 Å². The molecule has 4 rings (SSSR count). The molecule has 1 atom stereocenters. The van der Waals surface area contributed by atoms with Crippen molar-refractivity contribution in [3.8, 4) is 16.9 Å². The number of halogens is 1. The zero-order valence-electron chi connectivity index (χ0n) is 21.2. The Morgan fingerprint density at radius 2 is 1.59 bits per heavy atom. The highest BCUT2D eigenvalue weighted by atomic mass is 19.1. The van der Waals surface area contributed by atoms with Gasteiger partial charge < -0.3 is 14.5 Å². The zero-order chi connectivity index (χ0) is 24.1. The summed E-state index contributed by atoms with van der Waals surface area (Å²) >= 11 is 0. The third kappa shape index (κ3) is 6.85. The van der Waals surface area contributed by atoms with Crippen LogP contribution in [0.5, 0.6) is 5.75 Å². The zero-order valence-corrected chi connectivity index (χ0v) is 21.2. The number of likely N-dealkylation sites (tertiary alicyclic amines) is 2. The van der Waals surface area contributed by atoms with Crippen LogP contribution in [0.25, 0.3) is 16.8 Å². The minimum atomic E-state index is -1.12. The minimum absolute atomic E-state index is 0.522. The summed E-state index contributed by atoms with van der Waals surface area (Å²) in [5, 5.41) is 0. The highest BCUT2D eigenvalue weighted by Gasteiger charge is 2.25. The van der Waals surface area contributed by atoms with Crippen molar-refractivity contribution in [3.63, 3.8) is 0 Å². The lowest BCUT2D eigenvalue weighted by Gasteiger charge is -2.34. The van der Waals surface area contributed by atoms with Gasteiger partial charge in [-0.3, -0.25) is 0 Å². The Morgan fingerprint density at radius 3 is 2.18 bits per heavy atom. The highest BCUT2D eigenvalue weighted by Crippen LogP contribution is 2.28. The van der Waals surface area contributed by atoms with Crippen LogP contribution in [0.4, 0.5) is 4.39 Å². The van der Waals surface area contributed by atoms with Crippen LogP contribution < -0.4 is 4.74 Å².